The van der Waals surface area contributed by atoms with Crippen LogP contribution in [0.2, 0.25) is 0 Å². The quantitative estimate of drug-likeness (QED) is 0.741. The van der Waals surface area contributed by atoms with E-state index in [1.807, 2.05) is 0 Å². The summed E-state index contributed by atoms with van der Waals surface area (Å²) in [6, 6.07) is 0. The van der Waals surface area contributed by atoms with E-state index in [9.17, 15) is 32.7 Å². The molecule has 0 aliphatic carbocycles. The fourth-order valence-electron chi connectivity index (χ4n) is 2.57. The molecule has 1 fully saturated rings. The summed E-state index contributed by atoms with van der Waals surface area (Å²) < 4.78 is 42.9. The number of hydrogen-bond acceptors (Lipinski definition) is 4. The number of allylic oxidation sites excluding steroid dienone is 1. The number of halogens is 3. The van der Waals surface area contributed by atoms with E-state index in [4.69, 9.17) is 4.74 Å². The van der Waals surface area contributed by atoms with Crippen LogP contribution in [-0.4, -0.2) is 58.4 Å². The van der Waals surface area contributed by atoms with E-state index in [0.717, 1.165) is 4.90 Å². The Morgan fingerprint density at radius 1 is 1.36 bits per heavy atom. The zero-order valence-electron chi connectivity index (χ0n) is 14.1. The summed E-state index contributed by atoms with van der Waals surface area (Å²) in [5, 5.41) is 11.1. The Balaban J connectivity index is 3.16. The van der Waals surface area contributed by atoms with E-state index >= 15 is 0 Å². The van der Waals surface area contributed by atoms with E-state index in [0.29, 0.717) is 0 Å². The number of nitrogens with one attached hydrogen (secondary N) is 1. The largest absolute Gasteiger partial charge is 0.479 e. The number of ether oxygens (including phenoxy) is 1. The summed E-state index contributed by atoms with van der Waals surface area (Å²) in [7, 11) is 0. The highest BCUT2D eigenvalue weighted by Crippen LogP contribution is 2.33. The molecule has 1 heterocycles. The molecule has 7 nitrogen and oxygen atoms in total. The highest BCUT2D eigenvalue weighted by molar-refractivity contribution is 5.91. The highest BCUT2D eigenvalue weighted by Gasteiger charge is 2.57. The van der Waals surface area contributed by atoms with Gasteiger partial charge in [-0.05, 0) is 27.2 Å². The zero-order valence-corrected chi connectivity index (χ0v) is 14.1. The summed E-state index contributed by atoms with van der Waals surface area (Å²) in [5.41, 5.74) is -3.15. The van der Waals surface area contributed by atoms with Crippen LogP contribution < -0.4 is 5.32 Å². The van der Waals surface area contributed by atoms with Gasteiger partial charge in [0.25, 0.3) is 0 Å². The van der Waals surface area contributed by atoms with Crippen molar-refractivity contribution >= 4 is 18.0 Å². The van der Waals surface area contributed by atoms with Gasteiger partial charge in [0.1, 0.15) is 5.60 Å². The maximum atomic E-state index is 12.6. The summed E-state index contributed by atoms with van der Waals surface area (Å²) in [6.45, 7) is 7.40. The van der Waals surface area contributed by atoms with Crippen molar-refractivity contribution in [3.8, 4) is 0 Å². The van der Waals surface area contributed by atoms with Crippen LogP contribution in [0, 0.1) is 5.92 Å². The van der Waals surface area contributed by atoms with Gasteiger partial charge >= 0.3 is 24.1 Å². The summed E-state index contributed by atoms with van der Waals surface area (Å²) in [5.74, 6) is -5.03. The first-order chi connectivity index (χ1) is 11.2. The second-order valence-electron chi connectivity index (χ2n) is 6.81. The van der Waals surface area contributed by atoms with E-state index in [1.165, 1.54) is 6.08 Å². The monoisotopic (exact) mass is 366 g/mol. The third-order valence-corrected chi connectivity index (χ3v) is 3.66. The lowest BCUT2D eigenvalue weighted by Gasteiger charge is -2.31. The third-order valence-electron chi connectivity index (χ3n) is 3.66. The molecule has 0 saturated carbocycles. The Labute approximate surface area is 142 Å². The third kappa shape index (κ3) is 4.86. The maximum absolute atomic E-state index is 12.6. The fraction of sp³-hybridized carbons (Fsp3) is 0.667. The van der Waals surface area contributed by atoms with Crippen LogP contribution in [0.4, 0.5) is 18.0 Å². The molecule has 25 heavy (non-hydrogen) atoms. The van der Waals surface area contributed by atoms with Crippen molar-refractivity contribution in [2.24, 2.45) is 5.92 Å². The van der Waals surface area contributed by atoms with Crippen LogP contribution in [0.1, 0.15) is 27.2 Å². The lowest BCUT2D eigenvalue weighted by atomic mass is 9.84. The van der Waals surface area contributed by atoms with Crippen molar-refractivity contribution in [3.05, 3.63) is 12.7 Å². The van der Waals surface area contributed by atoms with Gasteiger partial charge in [-0.3, -0.25) is 4.79 Å². The molecule has 0 unspecified atom stereocenters. The first-order valence-corrected chi connectivity index (χ1v) is 7.44. The number of amides is 2. The Hall–Kier alpha value is -2.26. The number of carbonyl (C=O) groups is 3. The molecule has 1 aliphatic rings. The van der Waals surface area contributed by atoms with Gasteiger partial charge in [0, 0.05) is 12.5 Å². The number of carboxylic acids is 1. The number of hydrogen-bond donors (Lipinski definition) is 2. The number of rotatable bonds is 4. The Morgan fingerprint density at radius 3 is 2.32 bits per heavy atom. The van der Waals surface area contributed by atoms with Gasteiger partial charge in [-0.15, -0.1) is 6.58 Å². The number of alkyl halides is 3. The molecular weight excluding hydrogens is 345 g/mol. The van der Waals surface area contributed by atoms with E-state index in [-0.39, 0.29) is 13.0 Å². The molecule has 2 N–H and O–H groups in total. The zero-order chi connectivity index (χ0) is 19.6. The van der Waals surface area contributed by atoms with Gasteiger partial charge in [-0.1, -0.05) is 6.08 Å². The molecule has 0 bridgehead atoms. The van der Waals surface area contributed by atoms with Gasteiger partial charge in [-0.25, -0.2) is 9.59 Å². The van der Waals surface area contributed by atoms with Gasteiger partial charge < -0.3 is 20.1 Å². The average molecular weight is 366 g/mol. The lowest BCUT2D eigenvalue weighted by molar-refractivity contribution is -0.178. The molecule has 1 saturated heterocycles. The van der Waals surface area contributed by atoms with E-state index < -0.39 is 47.7 Å². The molecule has 0 radical (unpaired) electrons. The SMILES string of the molecule is C=CC[C@H]1CN(C(=O)OC(C)(C)C)C[C@@]1(NC(=O)C(F)(F)F)C(=O)O. The molecule has 0 spiro atoms. The average Bonchev–Trinajstić information content (AvgIpc) is 2.76. The smallest absolute Gasteiger partial charge is 0.471 e. The molecule has 0 aromatic heterocycles. The van der Waals surface area contributed by atoms with Crippen molar-refractivity contribution in [2.75, 3.05) is 13.1 Å². The fourth-order valence-corrected chi connectivity index (χ4v) is 2.57. The van der Waals surface area contributed by atoms with Crippen LogP contribution in [0.5, 0.6) is 0 Å². The molecule has 0 aromatic rings. The van der Waals surface area contributed by atoms with Crippen molar-refractivity contribution in [1.29, 1.82) is 0 Å². The number of likely N-dealkylation sites (tertiary alicyclic amines) is 1. The van der Waals surface area contributed by atoms with Crippen molar-refractivity contribution in [3.63, 3.8) is 0 Å². The van der Waals surface area contributed by atoms with Crippen LogP contribution >= 0.6 is 0 Å². The Bertz CT molecular complexity index is 570. The first kappa shape index (κ1) is 20.8. The van der Waals surface area contributed by atoms with Gasteiger partial charge in [-0.2, -0.15) is 13.2 Å². The van der Waals surface area contributed by atoms with E-state index in [1.54, 1.807) is 26.1 Å². The lowest BCUT2D eigenvalue weighted by Crippen LogP contribution is -2.62. The first-order valence-electron chi connectivity index (χ1n) is 7.44. The number of carbonyl (C=O) groups excluding carboxylic acids is 2. The number of nitrogens with zero attached hydrogens (tertiary/aromatic N) is 1. The van der Waals surface area contributed by atoms with Crippen LogP contribution in [0.15, 0.2) is 12.7 Å². The van der Waals surface area contributed by atoms with Gasteiger partial charge in [0.05, 0.1) is 6.54 Å². The Morgan fingerprint density at radius 2 is 1.92 bits per heavy atom. The van der Waals surface area contributed by atoms with Crippen LogP contribution in [0.25, 0.3) is 0 Å². The topological polar surface area (TPSA) is 95.9 Å². The Kier molecular flexibility index (Phi) is 5.76. The van der Waals surface area contributed by atoms with Crippen molar-refractivity contribution < 1.29 is 37.4 Å². The predicted octanol–water partition coefficient (Wildman–Crippen LogP) is 1.93. The minimum absolute atomic E-state index is 0.0102. The van der Waals surface area contributed by atoms with Crippen LogP contribution in [-0.2, 0) is 14.3 Å². The standard InChI is InChI=1S/C15H21F3N2O5/c1-5-6-9-7-20(12(24)25-13(2,3)4)8-14(9,11(22)23)19-10(21)15(16,17)18/h5,9H,1,6-8H2,2-4H3,(H,19,21)(H,22,23)/t9-,14-/m0/s1. The summed E-state index contributed by atoms with van der Waals surface area (Å²) >= 11 is 0. The van der Waals surface area contributed by atoms with Gasteiger partial charge in [0.2, 0.25) is 0 Å². The number of aliphatic carboxylic acids is 1. The molecule has 2 amide bonds. The minimum Gasteiger partial charge on any atom is -0.479 e. The van der Waals surface area contributed by atoms with Gasteiger partial charge in [0.15, 0.2) is 5.54 Å². The van der Waals surface area contributed by atoms with Crippen molar-refractivity contribution in [1.82, 2.24) is 10.2 Å². The van der Waals surface area contributed by atoms with E-state index in [2.05, 4.69) is 6.58 Å². The summed E-state index contributed by atoms with van der Waals surface area (Å²) in [6.07, 6.45) is -4.81. The second kappa shape index (κ2) is 6.93. The van der Waals surface area contributed by atoms with Crippen LogP contribution in [0.3, 0.4) is 0 Å². The highest BCUT2D eigenvalue weighted by atomic mass is 19.4. The molecule has 10 heteroatoms. The number of carboxylic acid groups (broad SMARTS) is 1. The molecule has 1 aliphatic heterocycles. The molecule has 0 aromatic carbocycles. The molecule has 2 atom stereocenters. The maximum Gasteiger partial charge on any atom is 0.471 e. The summed E-state index contributed by atoms with van der Waals surface area (Å²) in [4.78, 5) is 36.2. The molecule has 142 valence electrons. The van der Waals surface area contributed by atoms with Crippen molar-refractivity contribution in [2.45, 2.75) is 44.5 Å². The normalized spacial score (nSPS) is 23.9. The molecule has 1 rings (SSSR count). The predicted molar refractivity (Wildman–Crippen MR) is 80.7 cm³/mol. The second-order valence-corrected chi connectivity index (χ2v) is 6.81. The minimum atomic E-state index is -5.25. The molecular formula is C15H21F3N2O5.